The van der Waals surface area contributed by atoms with Crippen molar-refractivity contribution in [1.29, 1.82) is 0 Å². The second kappa shape index (κ2) is 11.9. The topological polar surface area (TPSA) is 119 Å². The van der Waals surface area contributed by atoms with Crippen LogP contribution in [0.4, 0.5) is 4.79 Å². The summed E-state index contributed by atoms with van der Waals surface area (Å²) in [5.74, 6) is -1.90. The number of β-amino-alcohol motifs (C(OH)–C–C–N with tert-alkyl or cyclic N) is 1. The van der Waals surface area contributed by atoms with Gasteiger partial charge in [-0.2, -0.15) is 0 Å². The zero-order valence-electron chi connectivity index (χ0n) is 22.3. The van der Waals surface area contributed by atoms with Crippen molar-refractivity contribution in [2.24, 2.45) is 0 Å². The third-order valence-corrected chi connectivity index (χ3v) is 7.57. The van der Waals surface area contributed by atoms with E-state index in [1.165, 1.54) is 0 Å². The Bertz CT molecular complexity index is 1330. The van der Waals surface area contributed by atoms with Gasteiger partial charge in [-0.25, -0.2) is 9.59 Å². The first-order valence-electron chi connectivity index (χ1n) is 13.4. The molecule has 3 aromatic carbocycles. The lowest BCUT2D eigenvalue weighted by Gasteiger charge is -2.29. The number of carbonyl (C=O) groups excluding carboxylic acids is 2. The van der Waals surface area contributed by atoms with Crippen LogP contribution in [0, 0.1) is 0 Å². The molecule has 2 aliphatic rings. The standard InChI is InChI=1S/C31H33N3O6/c1-33(16-20-9-3-2-4-10-20)18-27(29(36)34-17-21(35)15-28(34)30(37)38)32-31(39)40-19-26-24-13-7-5-11-22(24)23-12-6-8-14-25(23)26/h2-14,21,26-28,35H,15-19H2,1H3,(H,32,39)(H,37,38)/t21?,27?,28-/m0/s1. The molecule has 208 valence electrons. The first-order valence-corrected chi connectivity index (χ1v) is 13.4. The van der Waals surface area contributed by atoms with Crippen LogP contribution in [-0.4, -0.2) is 82.9 Å². The lowest BCUT2D eigenvalue weighted by Crippen LogP contribution is -2.55. The van der Waals surface area contributed by atoms with Gasteiger partial charge in [-0.3, -0.25) is 9.69 Å². The van der Waals surface area contributed by atoms with Crippen molar-refractivity contribution < 1.29 is 29.3 Å². The van der Waals surface area contributed by atoms with Gasteiger partial charge in [0.2, 0.25) is 5.91 Å². The van der Waals surface area contributed by atoms with Crippen LogP contribution >= 0.6 is 0 Å². The Balaban J connectivity index is 1.30. The van der Waals surface area contributed by atoms with Crippen LogP contribution in [0.2, 0.25) is 0 Å². The summed E-state index contributed by atoms with van der Waals surface area (Å²) in [6.07, 6.45) is -1.76. The van der Waals surface area contributed by atoms with Gasteiger partial charge < -0.3 is 25.2 Å². The van der Waals surface area contributed by atoms with Crippen LogP contribution in [-0.2, 0) is 20.9 Å². The van der Waals surface area contributed by atoms with Gasteiger partial charge in [-0.05, 0) is 34.9 Å². The van der Waals surface area contributed by atoms with Gasteiger partial charge in [-0.1, -0.05) is 78.9 Å². The molecule has 1 aliphatic heterocycles. The summed E-state index contributed by atoms with van der Waals surface area (Å²) in [4.78, 5) is 41.5. The minimum Gasteiger partial charge on any atom is -0.480 e. The van der Waals surface area contributed by atoms with E-state index in [0.717, 1.165) is 32.7 Å². The summed E-state index contributed by atoms with van der Waals surface area (Å²) in [5, 5.41) is 22.4. The summed E-state index contributed by atoms with van der Waals surface area (Å²) in [6.45, 7) is 0.612. The highest BCUT2D eigenvalue weighted by molar-refractivity contribution is 5.90. The Labute approximate surface area is 233 Å². The van der Waals surface area contributed by atoms with Gasteiger partial charge in [0, 0.05) is 32.0 Å². The number of carboxylic acids is 1. The number of likely N-dealkylation sites (tertiary alicyclic amines) is 1. The van der Waals surface area contributed by atoms with Crippen LogP contribution in [0.3, 0.4) is 0 Å². The van der Waals surface area contributed by atoms with Crippen molar-refractivity contribution >= 4 is 18.0 Å². The van der Waals surface area contributed by atoms with E-state index in [2.05, 4.69) is 17.4 Å². The van der Waals surface area contributed by atoms with Gasteiger partial charge in [0.05, 0.1) is 6.10 Å². The van der Waals surface area contributed by atoms with Crippen molar-refractivity contribution in [2.75, 3.05) is 26.7 Å². The van der Waals surface area contributed by atoms with E-state index in [-0.39, 0.29) is 32.0 Å². The van der Waals surface area contributed by atoms with Crippen molar-refractivity contribution in [3.05, 3.63) is 95.6 Å². The summed E-state index contributed by atoms with van der Waals surface area (Å²) in [7, 11) is 1.82. The number of likely N-dealkylation sites (N-methyl/N-ethyl adjacent to an activating group) is 1. The number of hydrogen-bond donors (Lipinski definition) is 3. The van der Waals surface area contributed by atoms with Crippen LogP contribution < -0.4 is 5.32 Å². The smallest absolute Gasteiger partial charge is 0.407 e. The molecule has 1 heterocycles. The number of aliphatic hydroxyl groups is 1. The zero-order valence-corrected chi connectivity index (χ0v) is 22.3. The Morgan fingerprint density at radius 2 is 1.57 bits per heavy atom. The number of rotatable bonds is 9. The maximum Gasteiger partial charge on any atom is 0.407 e. The fourth-order valence-corrected chi connectivity index (χ4v) is 5.73. The Morgan fingerprint density at radius 3 is 2.20 bits per heavy atom. The van der Waals surface area contributed by atoms with Gasteiger partial charge in [0.1, 0.15) is 18.7 Å². The molecule has 2 unspecified atom stereocenters. The van der Waals surface area contributed by atoms with Crippen LogP contribution in [0.15, 0.2) is 78.9 Å². The highest BCUT2D eigenvalue weighted by Crippen LogP contribution is 2.44. The molecule has 3 atom stereocenters. The number of hydrogen-bond acceptors (Lipinski definition) is 6. The number of benzene rings is 3. The van der Waals surface area contributed by atoms with E-state index in [1.54, 1.807) is 0 Å². The lowest BCUT2D eigenvalue weighted by atomic mass is 9.98. The minimum atomic E-state index is -1.19. The number of aliphatic carboxylic acids is 1. The predicted molar refractivity (Wildman–Crippen MR) is 149 cm³/mol. The first kappa shape index (κ1) is 27.4. The molecule has 9 heteroatoms. The zero-order chi connectivity index (χ0) is 28.2. The number of ether oxygens (including phenoxy) is 1. The largest absolute Gasteiger partial charge is 0.480 e. The van der Waals surface area contributed by atoms with Crippen LogP contribution in [0.1, 0.15) is 29.0 Å². The van der Waals surface area contributed by atoms with Crippen molar-refractivity contribution in [2.45, 2.75) is 37.1 Å². The maximum atomic E-state index is 13.6. The van der Waals surface area contributed by atoms with E-state index in [1.807, 2.05) is 78.7 Å². The fraction of sp³-hybridized carbons (Fsp3) is 0.323. The number of nitrogens with zero attached hydrogens (tertiary/aromatic N) is 2. The van der Waals surface area contributed by atoms with Crippen molar-refractivity contribution in [3.8, 4) is 11.1 Å². The highest BCUT2D eigenvalue weighted by Gasteiger charge is 2.42. The number of nitrogens with one attached hydrogen (secondary N) is 1. The van der Waals surface area contributed by atoms with Gasteiger partial charge in [0.25, 0.3) is 0 Å². The molecule has 1 aliphatic carbocycles. The Morgan fingerprint density at radius 1 is 0.975 bits per heavy atom. The van der Waals surface area contributed by atoms with Crippen molar-refractivity contribution in [1.82, 2.24) is 15.1 Å². The van der Waals surface area contributed by atoms with Crippen LogP contribution in [0.5, 0.6) is 0 Å². The predicted octanol–water partition coefficient (Wildman–Crippen LogP) is 3.07. The van der Waals surface area contributed by atoms with Gasteiger partial charge in [0.15, 0.2) is 0 Å². The molecule has 0 radical (unpaired) electrons. The fourth-order valence-electron chi connectivity index (χ4n) is 5.73. The average Bonchev–Trinajstić information content (AvgIpc) is 3.50. The normalized spacial score (nSPS) is 18.7. The molecule has 0 aromatic heterocycles. The summed E-state index contributed by atoms with van der Waals surface area (Å²) in [6, 6.07) is 23.5. The number of alkyl carbamates (subject to hydrolysis) is 1. The van der Waals surface area contributed by atoms with E-state index in [4.69, 9.17) is 4.74 Å². The molecule has 0 bridgehead atoms. The maximum absolute atomic E-state index is 13.6. The molecule has 5 rings (SSSR count). The molecular weight excluding hydrogens is 510 g/mol. The van der Waals surface area contributed by atoms with Crippen LogP contribution in [0.25, 0.3) is 11.1 Å². The summed E-state index contributed by atoms with van der Waals surface area (Å²) < 4.78 is 5.67. The molecule has 40 heavy (non-hydrogen) atoms. The number of carbonyl (C=O) groups is 3. The minimum absolute atomic E-state index is 0.0570. The van der Waals surface area contributed by atoms with E-state index < -0.39 is 36.2 Å². The molecule has 0 spiro atoms. The Hall–Kier alpha value is -4.21. The average molecular weight is 544 g/mol. The molecule has 1 fully saturated rings. The first-order chi connectivity index (χ1) is 19.3. The number of amides is 2. The van der Waals surface area contributed by atoms with E-state index >= 15 is 0 Å². The van der Waals surface area contributed by atoms with Gasteiger partial charge in [-0.15, -0.1) is 0 Å². The molecule has 0 saturated carbocycles. The summed E-state index contributed by atoms with van der Waals surface area (Å²) >= 11 is 0. The van der Waals surface area contributed by atoms with Crippen molar-refractivity contribution in [3.63, 3.8) is 0 Å². The van der Waals surface area contributed by atoms with E-state index in [9.17, 15) is 24.6 Å². The number of fused-ring (bicyclic) bond motifs is 3. The quantitative estimate of drug-likeness (QED) is 0.380. The second-order valence-electron chi connectivity index (χ2n) is 10.4. The molecule has 3 N–H and O–H groups in total. The molecule has 2 amide bonds. The molecular formula is C31H33N3O6. The Kier molecular flexibility index (Phi) is 8.14. The monoisotopic (exact) mass is 543 g/mol. The third-order valence-electron chi connectivity index (χ3n) is 7.57. The molecule has 9 nitrogen and oxygen atoms in total. The SMILES string of the molecule is CN(Cc1ccccc1)CC(NC(=O)OCC1c2ccccc2-c2ccccc21)C(=O)N1CC(O)C[C@H]1C(=O)O. The van der Waals surface area contributed by atoms with E-state index in [0.29, 0.717) is 6.54 Å². The molecule has 3 aromatic rings. The lowest BCUT2D eigenvalue weighted by molar-refractivity contribution is -0.149. The summed E-state index contributed by atoms with van der Waals surface area (Å²) in [5.41, 5.74) is 5.38. The highest BCUT2D eigenvalue weighted by atomic mass is 16.5. The second-order valence-corrected chi connectivity index (χ2v) is 10.4. The number of carboxylic acid groups (broad SMARTS) is 1. The molecule has 1 saturated heterocycles. The third kappa shape index (κ3) is 5.85. The van der Waals surface area contributed by atoms with Gasteiger partial charge >= 0.3 is 12.1 Å². The number of aliphatic hydroxyl groups excluding tert-OH is 1.